The van der Waals surface area contributed by atoms with E-state index in [4.69, 9.17) is 9.98 Å². The van der Waals surface area contributed by atoms with Gasteiger partial charge < -0.3 is 0 Å². The summed E-state index contributed by atoms with van der Waals surface area (Å²) in [7, 11) is 0. The first-order valence-corrected chi connectivity index (χ1v) is 9.32. The van der Waals surface area contributed by atoms with Crippen LogP contribution in [0.2, 0.25) is 0 Å². The number of benzene rings is 2. The number of allylic oxidation sites excluding steroid dienone is 1. The normalized spacial score (nSPS) is 21.7. The minimum Gasteiger partial charge on any atom is -0.288 e. The van der Waals surface area contributed by atoms with E-state index >= 15 is 0 Å². The molecule has 2 aliphatic heterocycles. The summed E-state index contributed by atoms with van der Waals surface area (Å²) < 4.78 is 0. The highest BCUT2D eigenvalue weighted by atomic mass is 14.8. The lowest BCUT2D eigenvalue weighted by Gasteiger charge is -2.26. The summed E-state index contributed by atoms with van der Waals surface area (Å²) in [5.74, 6) is 0.442. The maximum atomic E-state index is 5.04. The minimum absolute atomic E-state index is 0.442. The van der Waals surface area contributed by atoms with Gasteiger partial charge in [-0.15, -0.1) is 0 Å². The van der Waals surface area contributed by atoms with Crippen molar-refractivity contribution in [3.63, 3.8) is 0 Å². The number of aliphatic imine (C=N–C) groups is 2. The fourth-order valence-corrected chi connectivity index (χ4v) is 4.56. The SMILES string of the molecule is c1ccc(CC2=NCCCC3C2=NCC2=C3c3ccccc3C2)cc1. The van der Waals surface area contributed by atoms with E-state index in [2.05, 4.69) is 54.6 Å². The molecule has 0 fully saturated rings. The van der Waals surface area contributed by atoms with Gasteiger partial charge in [0.25, 0.3) is 0 Å². The first-order valence-electron chi connectivity index (χ1n) is 9.32. The number of fused-ring (bicyclic) bond motifs is 4. The van der Waals surface area contributed by atoms with Crippen molar-refractivity contribution >= 4 is 17.0 Å². The molecule has 124 valence electrons. The zero-order chi connectivity index (χ0) is 16.6. The lowest BCUT2D eigenvalue weighted by atomic mass is 9.81. The van der Waals surface area contributed by atoms with Crippen molar-refractivity contribution in [1.82, 2.24) is 0 Å². The Labute approximate surface area is 149 Å². The van der Waals surface area contributed by atoms with Crippen LogP contribution >= 0.6 is 0 Å². The molecule has 0 N–H and O–H groups in total. The van der Waals surface area contributed by atoms with Gasteiger partial charge in [0.15, 0.2) is 0 Å². The van der Waals surface area contributed by atoms with Crippen LogP contribution in [0.1, 0.15) is 29.5 Å². The summed E-state index contributed by atoms with van der Waals surface area (Å²) >= 11 is 0. The Balaban J connectivity index is 1.51. The van der Waals surface area contributed by atoms with Crippen molar-refractivity contribution < 1.29 is 0 Å². The van der Waals surface area contributed by atoms with E-state index in [9.17, 15) is 0 Å². The summed E-state index contributed by atoms with van der Waals surface area (Å²) in [5, 5.41) is 0. The van der Waals surface area contributed by atoms with Gasteiger partial charge in [0.2, 0.25) is 0 Å². The lowest BCUT2D eigenvalue weighted by molar-refractivity contribution is 0.703. The zero-order valence-corrected chi connectivity index (χ0v) is 14.4. The molecule has 0 radical (unpaired) electrons. The molecule has 1 unspecified atom stereocenters. The van der Waals surface area contributed by atoms with Crippen molar-refractivity contribution in [2.45, 2.75) is 25.7 Å². The van der Waals surface area contributed by atoms with E-state index in [1.54, 1.807) is 5.57 Å². The molecule has 0 saturated carbocycles. The smallest absolute Gasteiger partial charge is 0.0640 e. The van der Waals surface area contributed by atoms with Crippen molar-refractivity contribution in [2.75, 3.05) is 13.1 Å². The van der Waals surface area contributed by atoms with Crippen LogP contribution in [0.15, 0.2) is 70.2 Å². The topological polar surface area (TPSA) is 24.7 Å². The van der Waals surface area contributed by atoms with E-state index in [-0.39, 0.29) is 0 Å². The van der Waals surface area contributed by atoms with E-state index in [0.717, 1.165) is 32.4 Å². The number of hydrogen-bond donors (Lipinski definition) is 0. The number of dihydropyridines is 1. The van der Waals surface area contributed by atoms with Gasteiger partial charge in [0.1, 0.15) is 0 Å². The van der Waals surface area contributed by atoms with E-state index in [0.29, 0.717) is 5.92 Å². The summed E-state index contributed by atoms with van der Waals surface area (Å²) in [6, 6.07) is 19.6. The molecule has 3 aliphatic rings. The second-order valence-electron chi connectivity index (χ2n) is 7.24. The number of rotatable bonds is 2. The molecule has 25 heavy (non-hydrogen) atoms. The van der Waals surface area contributed by atoms with Crippen LogP contribution in [0.5, 0.6) is 0 Å². The molecule has 2 heteroatoms. The summed E-state index contributed by atoms with van der Waals surface area (Å²) in [6.07, 6.45) is 4.32. The van der Waals surface area contributed by atoms with Gasteiger partial charge in [-0.3, -0.25) is 9.98 Å². The third-order valence-electron chi connectivity index (χ3n) is 5.67. The highest BCUT2D eigenvalue weighted by molar-refractivity contribution is 6.45. The molecule has 5 rings (SSSR count). The summed E-state index contributed by atoms with van der Waals surface area (Å²) in [4.78, 5) is 9.98. The molecule has 0 spiro atoms. The lowest BCUT2D eigenvalue weighted by Crippen LogP contribution is -2.29. The average Bonchev–Trinajstić information content (AvgIpc) is 2.92. The third kappa shape index (κ3) is 2.57. The van der Waals surface area contributed by atoms with Crippen molar-refractivity contribution in [2.24, 2.45) is 15.9 Å². The van der Waals surface area contributed by atoms with Crippen molar-refractivity contribution in [3.8, 4) is 0 Å². The fourth-order valence-electron chi connectivity index (χ4n) is 4.56. The highest BCUT2D eigenvalue weighted by Gasteiger charge is 2.35. The molecular weight excluding hydrogens is 304 g/mol. The fraction of sp³-hybridized carbons (Fsp3) is 0.304. The Morgan fingerprint density at radius 3 is 2.68 bits per heavy atom. The van der Waals surface area contributed by atoms with Crippen LogP contribution in [-0.2, 0) is 12.8 Å². The Morgan fingerprint density at radius 1 is 0.920 bits per heavy atom. The molecule has 2 nitrogen and oxygen atoms in total. The van der Waals surface area contributed by atoms with Crippen LogP contribution in [0.4, 0.5) is 0 Å². The van der Waals surface area contributed by atoms with Gasteiger partial charge in [0, 0.05) is 18.9 Å². The van der Waals surface area contributed by atoms with E-state index < -0.39 is 0 Å². The van der Waals surface area contributed by atoms with Crippen molar-refractivity contribution in [1.29, 1.82) is 0 Å². The Hall–Kier alpha value is -2.48. The van der Waals surface area contributed by atoms with E-state index in [1.165, 1.54) is 40.1 Å². The number of hydrogen-bond acceptors (Lipinski definition) is 2. The van der Waals surface area contributed by atoms with Crippen LogP contribution in [0.25, 0.3) is 5.57 Å². The van der Waals surface area contributed by atoms with Gasteiger partial charge in [-0.25, -0.2) is 0 Å². The van der Waals surface area contributed by atoms with Crippen LogP contribution in [-0.4, -0.2) is 24.5 Å². The Kier molecular flexibility index (Phi) is 3.62. The quantitative estimate of drug-likeness (QED) is 0.774. The molecule has 2 aromatic rings. The molecule has 0 bridgehead atoms. The molecular formula is C23H22N2. The zero-order valence-electron chi connectivity index (χ0n) is 14.4. The Bertz CT molecular complexity index is 903. The molecule has 1 aliphatic carbocycles. The molecule has 0 amide bonds. The summed E-state index contributed by atoms with van der Waals surface area (Å²) in [5.41, 5.74) is 9.86. The highest BCUT2D eigenvalue weighted by Crippen LogP contribution is 2.43. The van der Waals surface area contributed by atoms with Gasteiger partial charge in [0.05, 0.1) is 18.0 Å². The predicted octanol–water partition coefficient (Wildman–Crippen LogP) is 4.54. The monoisotopic (exact) mass is 326 g/mol. The van der Waals surface area contributed by atoms with Gasteiger partial charge in [-0.2, -0.15) is 0 Å². The standard InChI is InChI=1S/C23H22N2/c1-2-7-16(8-3-1)13-21-23-20(11-6-12-24-21)22-18(15-25-23)14-17-9-4-5-10-19(17)22/h1-5,7-10,20H,6,11-15H2. The summed E-state index contributed by atoms with van der Waals surface area (Å²) in [6.45, 7) is 1.78. The second kappa shape index (κ2) is 6.11. The average molecular weight is 326 g/mol. The molecule has 0 aromatic heterocycles. The minimum atomic E-state index is 0.442. The maximum Gasteiger partial charge on any atom is 0.0640 e. The molecule has 0 saturated heterocycles. The van der Waals surface area contributed by atoms with Crippen molar-refractivity contribution in [3.05, 3.63) is 76.9 Å². The predicted molar refractivity (Wildman–Crippen MR) is 105 cm³/mol. The largest absolute Gasteiger partial charge is 0.288 e. The molecule has 2 heterocycles. The third-order valence-corrected chi connectivity index (χ3v) is 5.67. The van der Waals surface area contributed by atoms with Crippen LogP contribution in [0, 0.1) is 5.92 Å². The first kappa shape index (κ1) is 14.8. The van der Waals surface area contributed by atoms with Crippen LogP contribution in [0.3, 0.4) is 0 Å². The maximum absolute atomic E-state index is 5.04. The van der Waals surface area contributed by atoms with Gasteiger partial charge >= 0.3 is 0 Å². The van der Waals surface area contributed by atoms with Crippen LogP contribution < -0.4 is 0 Å². The first-order chi connectivity index (χ1) is 12.4. The number of nitrogens with zero attached hydrogens (tertiary/aromatic N) is 2. The second-order valence-corrected chi connectivity index (χ2v) is 7.24. The Morgan fingerprint density at radius 2 is 1.76 bits per heavy atom. The van der Waals surface area contributed by atoms with Gasteiger partial charge in [-0.1, -0.05) is 54.6 Å². The van der Waals surface area contributed by atoms with Gasteiger partial charge in [-0.05, 0) is 47.1 Å². The molecule has 1 atom stereocenters. The van der Waals surface area contributed by atoms with E-state index in [1.807, 2.05) is 0 Å². The molecule has 2 aromatic carbocycles.